The first kappa shape index (κ1) is 35.9. The van der Waals surface area contributed by atoms with Gasteiger partial charge < -0.3 is 64.5 Å². The van der Waals surface area contributed by atoms with Gasteiger partial charge >= 0.3 is 5.97 Å². The Hall–Kier alpha value is -1.53. The number of hydrogen-bond acceptors (Lipinski definition) is 14. The van der Waals surface area contributed by atoms with E-state index in [9.17, 15) is 45.6 Å². The summed E-state index contributed by atoms with van der Waals surface area (Å²) >= 11 is 0. The van der Waals surface area contributed by atoms with E-state index >= 15 is 0 Å². The van der Waals surface area contributed by atoms with Crippen molar-refractivity contribution in [1.29, 1.82) is 0 Å². The highest BCUT2D eigenvalue weighted by Gasteiger charge is 2.67. The summed E-state index contributed by atoms with van der Waals surface area (Å²) in [4.78, 5) is 11.9. The van der Waals surface area contributed by atoms with Crippen LogP contribution < -0.4 is 0 Å². The van der Waals surface area contributed by atoms with E-state index in [0.717, 1.165) is 44.1 Å². The molecule has 0 radical (unpaired) electrons. The molecule has 14 heteroatoms. The number of carbonyl (C=O) groups excluding carboxylic acids is 1. The van der Waals surface area contributed by atoms with Gasteiger partial charge in [-0.2, -0.15) is 0 Å². The zero-order valence-corrected chi connectivity index (χ0v) is 28.0. The minimum atomic E-state index is -1.74. The molecular formula is C35H52O14. The number of aliphatic hydroxyl groups is 8. The van der Waals surface area contributed by atoms with Crippen LogP contribution in [0.2, 0.25) is 0 Å². The molecule has 2 saturated heterocycles. The van der Waals surface area contributed by atoms with E-state index < -0.39 is 86.3 Å². The van der Waals surface area contributed by atoms with Crippen molar-refractivity contribution in [3.63, 3.8) is 0 Å². The zero-order valence-electron chi connectivity index (χ0n) is 28.0. The lowest BCUT2D eigenvalue weighted by Crippen LogP contribution is -2.65. The van der Waals surface area contributed by atoms with Gasteiger partial charge in [0.2, 0.25) is 0 Å². The number of ether oxygens (including phenoxy) is 5. The Bertz CT molecular complexity index is 1320. The molecule has 17 atom stereocenters. The number of rotatable bonds is 7. The molecule has 0 spiro atoms. The summed E-state index contributed by atoms with van der Waals surface area (Å²) in [5.74, 6) is 0.230. The highest BCUT2D eigenvalue weighted by atomic mass is 16.7. The van der Waals surface area contributed by atoms with Crippen molar-refractivity contribution in [2.45, 2.75) is 138 Å². The Morgan fingerprint density at radius 2 is 1.49 bits per heavy atom. The Morgan fingerprint density at radius 1 is 0.796 bits per heavy atom. The molecule has 0 aromatic heterocycles. The fraction of sp³-hybridized carbons (Fsp3) is 0.857. The highest BCUT2D eigenvalue weighted by molar-refractivity contribution is 5.85. The fourth-order valence-electron chi connectivity index (χ4n) is 10.8. The quantitative estimate of drug-likeness (QED) is 0.120. The third kappa shape index (κ3) is 5.66. The summed E-state index contributed by atoms with van der Waals surface area (Å²) in [6, 6.07) is 0. The van der Waals surface area contributed by atoms with E-state index in [-0.39, 0.29) is 34.6 Å². The summed E-state index contributed by atoms with van der Waals surface area (Å²) in [6.07, 6.45) is -5.38. The second kappa shape index (κ2) is 13.2. The minimum Gasteiger partial charge on any atom is -0.458 e. The van der Waals surface area contributed by atoms with Gasteiger partial charge in [0.1, 0.15) is 55.4 Å². The van der Waals surface area contributed by atoms with Gasteiger partial charge in [-0.25, -0.2) is 4.79 Å². The largest absolute Gasteiger partial charge is 0.458 e. The lowest BCUT2D eigenvalue weighted by Gasteiger charge is -2.62. The molecule has 3 aliphatic heterocycles. The van der Waals surface area contributed by atoms with Gasteiger partial charge in [-0.15, -0.1) is 0 Å². The monoisotopic (exact) mass is 696 g/mol. The number of fused-ring (bicyclic) bond motifs is 5. The molecule has 3 saturated carbocycles. The van der Waals surface area contributed by atoms with Crippen molar-refractivity contribution in [1.82, 2.24) is 0 Å². The highest BCUT2D eigenvalue weighted by Crippen LogP contribution is 2.69. The number of hydrogen-bond donors (Lipinski definition) is 8. The first-order valence-corrected chi connectivity index (χ1v) is 17.8. The van der Waals surface area contributed by atoms with Crippen LogP contribution in [0, 0.1) is 28.6 Å². The number of carbonyl (C=O) groups is 1. The van der Waals surface area contributed by atoms with Crippen LogP contribution in [0.15, 0.2) is 23.3 Å². The second-order valence-electron chi connectivity index (χ2n) is 15.9. The predicted octanol–water partition coefficient (Wildman–Crippen LogP) is -0.827. The Morgan fingerprint density at radius 3 is 2.18 bits per heavy atom. The minimum absolute atomic E-state index is 0.124. The maximum absolute atomic E-state index is 12.5. The maximum atomic E-state index is 12.5. The van der Waals surface area contributed by atoms with E-state index in [2.05, 4.69) is 19.9 Å². The van der Waals surface area contributed by atoms with Gasteiger partial charge in [-0.3, -0.25) is 0 Å². The van der Waals surface area contributed by atoms with Crippen molar-refractivity contribution in [2.24, 2.45) is 28.6 Å². The van der Waals surface area contributed by atoms with Crippen LogP contribution in [-0.4, -0.2) is 140 Å². The molecule has 3 heterocycles. The van der Waals surface area contributed by atoms with Crippen molar-refractivity contribution < 1.29 is 69.3 Å². The lowest BCUT2D eigenvalue weighted by atomic mass is 9.45. The van der Waals surface area contributed by atoms with E-state index in [0.29, 0.717) is 19.4 Å². The number of allylic oxidation sites excluding steroid dienone is 1. The molecule has 49 heavy (non-hydrogen) atoms. The molecule has 7 aliphatic rings. The second-order valence-corrected chi connectivity index (χ2v) is 15.9. The van der Waals surface area contributed by atoms with Crippen LogP contribution in [0.25, 0.3) is 0 Å². The maximum Gasteiger partial charge on any atom is 0.331 e. The zero-order chi connectivity index (χ0) is 35.0. The van der Waals surface area contributed by atoms with E-state index in [4.69, 9.17) is 23.7 Å². The van der Waals surface area contributed by atoms with Gasteiger partial charge in [0.25, 0.3) is 0 Å². The summed E-state index contributed by atoms with van der Waals surface area (Å²) in [5, 5.41) is 84.8. The Labute approximate surface area is 285 Å². The number of aliphatic hydroxyl groups excluding tert-OH is 7. The summed E-state index contributed by atoms with van der Waals surface area (Å²) in [7, 11) is 0. The van der Waals surface area contributed by atoms with Gasteiger partial charge in [0.15, 0.2) is 12.6 Å². The first-order chi connectivity index (χ1) is 23.3. The summed E-state index contributed by atoms with van der Waals surface area (Å²) in [5.41, 5.74) is 0.952. The number of esters is 1. The van der Waals surface area contributed by atoms with Crippen molar-refractivity contribution in [3.05, 3.63) is 23.3 Å². The van der Waals surface area contributed by atoms with Crippen LogP contribution in [-0.2, 0) is 28.5 Å². The van der Waals surface area contributed by atoms with Gasteiger partial charge in [0.05, 0.1) is 24.9 Å². The smallest absolute Gasteiger partial charge is 0.331 e. The standard InChI is InChI=1S/C35H52O14/c1-33-8-5-18(46-31-29(43)27(41)30(23(14-37)48-31)49-32-28(42)26(40)25(39)22(13-36)47-32)12-17(33)3-4-21-20(33)6-9-34(2)19(7-10-35(21,34)44)16-11-24(38)45-15-16/h11-12,18-23,25-32,36-37,39-44H,3-10,13-15H2,1-2H3. The van der Waals surface area contributed by atoms with Crippen LogP contribution in [0.1, 0.15) is 65.2 Å². The van der Waals surface area contributed by atoms with Gasteiger partial charge in [-0.1, -0.05) is 25.5 Å². The van der Waals surface area contributed by atoms with Crippen molar-refractivity contribution >= 4 is 5.97 Å². The molecule has 0 aromatic carbocycles. The van der Waals surface area contributed by atoms with Crippen molar-refractivity contribution in [2.75, 3.05) is 19.8 Å². The van der Waals surface area contributed by atoms with E-state index in [1.54, 1.807) is 6.08 Å². The first-order valence-electron chi connectivity index (χ1n) is 17.8. The average molecular weight is 697 g/mol. The van der Waals surface area contributed by atoms with Gasteiger partial charge in [-0.05, 0) is 80.1 Å². The van der Waals surface area contributed by atoms with Crippen LogP contribution in [0.5, 0.6) is 0 Å². The molecule has 0 amide bonds. The molecule has 276 valence electrons. The molecule has 0 aromatic rings. The third-order valence-electron chi connectivity index (χ3n) is 13.7. The molecule has 14 nitrogen and oxygen atoms in total. The molecule has 8 N–H and O–H groups in total. The van der Waals surface area contributed by atoms with Crippen LogP contribution >= 0.6 is 0 Å². The number of cyclic esters (lactones) is 1. The van der Waals surface area contributed by atoms with Crippen molar-refractivity contribution in [3.8, 4) is 0 Å². The van der Waals surface area contributed by atoms with E-state index in [1.165, 1.54) is 5.57 Å². The lowest BCUT2D eigenvalue weighted by molar-refractivity contribution is -0.361. The molecule has 0 bridgehead atoms. The third-order valence-corrected chi connectivity index (χ3v) is 13.7. The average Bonchev–Trinajstić information content (AvgIpc) is 3.63. The molecule has 5 fully saturated rings. The summed E-state index contributed by atoms with van der Waals surface area (Å²) in [6.45, 7) is 3.49. The SMILES string of the molecule is CC12CCC(OC3OC(CO)C(OC4OC(CO)C(O)C(O)C4O)C(O)C3O)C=C1CCC1C2CCC2(C)C(C3=CC(=O)OC3)CCC12O. The molecule has 17 unspecified atom stereocenters. The normalized spacial score (nSPS) is 52.8. The molecule has 7 rings (SSSR count). The molecular weight excluding hydrogens is 644 g/mol. The predicted molar refractivity (Wildman–Crippen MR) is 167 cm³/mol. The van der Waals surface area contributed by atoms with Crippen LogP contribution in [0.4, 0.5) is 0 Å². The fourth-order valence-corrected chi connectivity index (χ4v) is 10.8. The van der Waals surface area contributed by atoms with Crippen LogP contribution in [0.3, 0.4) is 0 Å². The Kier molecular flexibility index (Phi) is 9.62. The summed E-state index contributed by atoms with van der Waals surface area (Å²) < 4.78 is 28.4. The Balaban J connectivity index is 1.02. The topological polar surface area (TPSA) is 225 Å². The van der Waals surface area contributed by atoms with Gasteiger partial charge in [0, 0.05) is 11.5 Å². The molecule has 4 aliphatic carbocycles. The van der Waals surface area contributed by atoms with E-state index in [1.807, 2.05) is 0 Å².